The van der Waals surface area contributed by atoms with E-state index < -0.39 is 10.0 Å². The van der Waals surface area contributed by atoms with Gasteiger partial charge in [0.1, 0.15) is 4.90 Å². The van der Waals surface area contributed by atoms with E-state index in [0.717, 1.165) is 14.2 Å². The predicted octanol–water partition coefficient (Wildman–Crippen LogP) is 3.58. The maximum Gasteiger partial charge on any atom is 0.242 e. The molecule has 0 aliphatic carbocycles. The lowest BCUT2D eigenvalue weighted by Gasteiger charge is -2.10. The van der Waals surface area contributed by atoms with Gasteiger partial charge in [-0.3, -0.25) is 0 Å². The van der Waals surface area contributed by atoms with Gasteiger partial charge in [-0.05, 0) is 59.1 Å². The van der Waals surface area contributed by atoms with Crippen molar-refractivity contribution < 1.29 is 8.42 Å². The molecule has 2 aromatic rings. The minimum absolute atomic E-state index is 0.0135. The molecule has 21 heavy (non-hydrogen) atoms. The molecule has 4 nitrogen and oxygen atoms in total. The van der Waals surface area contributed by atoms with E-state index in [0.29, 0.717) is 18.7 Å². The van der Waals surface area contributed by atoms with Gasteiger partial charge in [0.25, 0.3) is 0 Å². The Morgan fingerprint density at radius 2 is 2.10 bits per heavy atom. The van der Waals surface area contributed by atoms with Crippen LogP contribution in [0.15, 0.2) is 32.9 Å². The summed E-state index contributed by atoms with van der Waals surface area (Å²) in [7, 11) is -3.66. The van der Waals surface area contributed by atoms with Crippen LogP contribution >= 0.6 is 38.9 Å². The number of halogens is 2. The molecule has 0 radical (unpaired) electrons. The van der Waals surface area contributed by atoms with Crippen molar-refractivity contribution in [3.05, 3.63) is 43.5 Å². The first-order chi connectivity index (χ1) is 9.79. The molecule has 8 heteroatoms. The molecule has 0 aliphatic rings. The van der Waals surface area contributed by atoms with Crippen LogP contribution < -0.4 is 10.5 Å². The Bertz CT molecular complexity index is 760. The molecule has 0 saturated carbocycles. The van der Waals surface area contributed by atoms with E-state index in [4.69, 9.17) is 17.3 Å². The zero-order valence-corrected chi connectivity index (χ0v) is 15.2. The monoisotopic (exact) mass is 408 g/mol. The summed E-state index contributed by atoms with van der Waals surface area (Å²) in [6.45, 7) is 2.08. The third kappa shape index (κ3) is 4.20. The molecule has 1 aromatic heterocycles. The van der Waals surface area contributed by atoms with E-state index >= 15 is 0 Å². The average molecular weight is 410 g/mol. The van der Waals surface area contributed by atoms with Gasteiger partial charge in [0, 0.05) is 17.1 Å². The van der Waals surface area contributed by atoms with Crippen molar-refractivity contribution in [1.29, 1.82) is 0 Å². The van der Waals surface area contributed by atoms with E-state index in [9.17, 15) is 8.42 Å². The third-order valence-electron chi connectivity index (χ3n) is 2.90. The molecule has 0 spiro atoms. The van der Waals surface area contributed by atoms with Crippen LogP contribution in [0.4, 0.5) is 5.69 Å². The van der Waals surface area contributed by atoms with Gasteiger partial charge in [0.15, 0.2) is 0 Å². The summed E-state index contributed by atoms with van der Waals surface area (Å²) in [6.07, 6.45) is 0.620. The van der Waals surface area contributed by atoms with Gasteiger partial charge < -0.3 is 5.73 Å². The van der Waals surface area contributed by atoms with Gasteiger partial charge in [0.05, 0.1) is 8.81 Å². The van der Waals surface area contributed by atoms with Crippen molar-refractivity contribution in [3.8, 4) is 0 Å². The highest BCUT2D eigenvalue weighted by molar-refractivity contribution is 9.11. The highest BCUT2D eigenvalue weighted by Gasteiger charge is 2.18. The zero-order chi connectivity index (χ0) is 15.6. The van der Waals surface area contributed by atoms with Gasteiger partial charge in [0.2, 0.25) is 10.0 Å². The van der Waals surface area contributed by atoms with Crippen LogP contribution in [0.3, 0.4) is 0 Å². The van der Waals surface area contributed by atoms with E-state index in [2.05, 4.69) is 20.7 Å². The van der Waals surface area contributed by atoms with Crippen LogP contribution in [0.25, 0.3) is 0 Å². The lowest BCUT2D eigenvalue weighted by molar-refractivity contribution is 0.582. The molecule has 0 fully saturated rings. The van der Waals surface area contributed by atoms with Gasteiger partial charge in [-0.2, -0.15) is 0 Å². The Morgan fingerprint density at radius 3 is 2.71 bits per heavy atom. The molecule has 114 valence electrons. The number of nitrogens with two attached hydrogens (primary N) is 1. The highest BCUT2D eigenvalue weighted by atomic mass is 79.9. The number of anilines is 1. The molecule has 2 rings (SSSR count). The van der Waals surface area contributed by atoms with Crippen molar-refractivity contribution in [3.63, 3.8) is 0 Å². The van der Waals surface area contributed by atoms with Crippen LogP contribution in [0.2, 0.25) is 5.02 Å². The number of thiophene rings is 1. The van der Waals surface area contributed by atoms with Crippen molar-refractivity contribution in [1.82, 2.24) is 4.72 Å². The van der Waals surface area contributed by atoms with Gasteiger partial charge >= 0.3 is 0 Å². The van der Waals surface area contributed by atoms with E-state index in [1.807, 2.05) is 12.1 Å². The number of benzene rings is 1. The zero-order valence-electron chi connectivity index (χ0n) is 11.2. The van der Waals surface area contributed by atoms with Crippen LogP contribution in [0.5, 0.6) is 0 Å². The SMILES string of the molecule is Cc1cc(Cl)c(S(=O)(=O)NCCc2ccc(Br)s2)cc1N. The molecule has 0 saturated heterocycles. The van der Waals surface area contributed by atoms with Crippen LogP contribution in [-0.4, -0.2) is 15.0 Å². The fourth-order valence-corrected chi connectivity index (χ4v) is 4.88. The average Bonchev–Trinajstić information content (AvgIpc) is 2.79. The number of nitrogens with one attached hydrogen (secondary N) is 1. The molecule has 0 unspecified atom stereocenters. The van der Waals surface area contributed by atoms with E-state index in [1.54, 1.807) is 24.3 Å². The summed E-state index contributed by atoms with van der Waals surface area (Å²) in [5, 5.41) is 0.174. The standard InChI is InChI=1S/C13H14BrClN2O2S2/c1-8-6-10(15)12(7-11(8)16)21(18,19)17-5-4-9-2-3-13(14)20-9/h2-3,6-7,17H,4-5,16H2,1H3. The minimum atomic E-state index is -3.66. The lowest BCUT2D eigenvalue weighted by atomic mass is 10.2. The Balaban J connectivity index is 2.10. The summed E-state index contributed by atoms with van der Waals surface area (Å²) >= 11 is 11.0. The molecule has 1 heterocycles. The topological polar surface area (TPSA) is 72.2 Å². The smallest absolute Gasteiger partial charge is 0.242 e. The van der Waals surface area contributed by atoms with Gasteiger partial charge in [-0.15, -0.1) is 11.3 Å². The summed E-state index contributed by atoms with van der Waals surface area (Å²) in [5.74, 6) is 0. The molecule has 3 N–H and O–H groups in total. The lowest BCUT2D eigenvalue weighted by Crippen LogP contribution is -2.26. The number of rotatable bonds is 5. The molecule has 1 aromatic carbocycles. The van der Waals surface area contributed by atoms with E-state index in [1.165, 1.54) is 6.07 Å². The summed E-state index contributed by atoms with van der Waals surface area (Å²) in [6, 6.07) is 6.84. The second-order valence-electron chi connectivity index (χ2n) is 4.49. The molecule has 0 atom stereocenters. The first-order valence-electron chi connectivity index (χ1n) is 6.09. The van der Waals surface area contributed by atoms with Crippen molar-refractivity contribution in [2.75, 3.05) is 12.3 Å². The number of aryl methyl sites for hydroxylation is 1. The Kier molecular flexibility index (Phi) is 5.32. The van der Waals surface area contributed by atoms with Crippen LogP contribution in [0.1, 0.15) is 10.4 Å². The van der Waals surface area contributed by atoms with Crippen molar-refractivity contribution in [2.24, 2.45) is 0 Å². The second-order valence-corrected chi connectivity index (χ2v) is 9.18. The number of hydrogen-bond acceptors (Lipinski definition) is 4. The fourth-order valence-electron chi connectivity index (χ4n) is 1.75. The normalized spacial score (nSPS) is 11.8. The van der Waals surface area contributed by atoms with E-state index in [-0.39, 0.29) is 9.92 Å². The number of nitrogen functional groups attached to an aromatic ring is 1. The summed E-state index contributed by atoms with van der Waals surface area (Å²) in [4.78, 5) is 1.11. The third-order valence-corrected chi connectivity index (χ3v) is 6.51. The first kappa shape index (κ1) is 16.8. The van der Waals surface area contributed by atoms with Gasteiger partial charge in [-0.25, -0.2) is 13.1 Å². The van der Waals surface area contributed by atoms with Gasteiger partial charge in [-0.1, -0.05) is 11.6 Å². The maximum atomic E-state index is 12.3. The molecular weight excluding hydrogens is 396 g/mol. The highest BCUT2D eigenvalue weighted by Crippen LogP contribution is 2.27. The molecule has 0 amide bonds. The molecule has 0 bridgehead atoms. The second kappa shape index (κ2) is 6.66. The first-order valence-corrected chi connectivity index (χ1v) is 9.56. The Labute approximate surface area is 141 Å². The largest absolute Gasteiger partial charge is 0.398 e. The van der Waals surface area contributed by atoms with Crippen molar-refractivity contribution >= 4 is 54.6 Å². The molecular formula is C13H14BrClN2O2S2. The summed E-state index contributed by atoms with van der Waals surface area (Å²) < 4.78 is 28.1. The maximum absolute atomic E-state index is 12.3. The van der Waals surface area contributed by atoms with Crippen molar-refractivity contribution in [2.45, 2.75) is 18.2 Å². The van der Waals surface area contributed by atoms with Crippen LogP contribution in [-0.2, 0) is 16.4 Å². The number of hydrogen-bond donors (Lipinski definition) is 2. The fraction of sp³-hybridized carbons (Fsp3) is 0.231. The molecule has 0 aliphatic heterocycles. The summed E-state index contributed by atoms with van der Waals surface area (Å²) in [5.41, 5.74) is 6.91. The number of sulfonamides is 1. The Hall–Kier alpha value is -0.600. The minimum Gasteiger partial charge on any atom is -0.398 e. The Morgan fingerprint density at radius 1 is 1.38 bits per heavy atom. The predicted molar refractivity (Wildman–Crippen MR) is 91.5 cm³/mol. The van der Waals surface area contributed by atoms with Crippen LogP contribution in [0, 0.1) is 6.92 Å². The quantitative estimate of drug-likeness (QED) is 0.741.